The first kappa shape index (κ1) is 8.52. The normalized spacial score (nSPS) is 42.0. The Morgan fingerprint density at radius 3 is 2.83 bits per heavy atom. The number of aliphatic hydroxyl groups is 1. The first-order valence-electron chi connectivity index (χ1n) is 4.90. The molecule has 4 atom stereocenters. The van der Waals surface area contributed by atoms with E-state index in [0.29, 0.717) is 30.7 Å². The van der Waals surface area contributed by atoms with Gasteiger partial charge in [0.1, 0.15) is 0 Å². The predicted molar refractivity (Wildman–Crippen MR) is 46.6 cm³/mol. The van der Waals surface area contributed by atoms with Crippen LogP contribution in [0.1, 0.15) is 25.7 Å². The van der Waals surface area contributed by atoms with Crippen molar-refractivity contribution in [3.05, 3.63) is 6.92 Å². The zero-order valence-corrected chi connectivity index (χ0v) is 7.41. The Balaban J connectivity index is 1.85. The van der Waals surface area contributed by atoms with E-state index in [9.17, 15) is 0 Å². The SMILES string of the molecule is [CH2]CC(CO)C1CCC2OC2C1. The Morgan fingerprint density at radius 2 is 2.25 bits per heavy atom. The molecule has 1 radical (unpaired) electrons. The molecule has 1 saturated heterocycles. The summed E-state index contributed by atoms with van der Waals surface area (Å²) in [5.41, 5.74) is 0. The highest BCUT2D eigenvalue weighted by molar-refractivity contribution is 4.93. The summed E-state index contributed by atoms with van der Waals surface area (Å²) >= 11 is 0. The third-order valence-corrected chi connectivity index (χ3v) is 3.32. The van der Waals surface area contributed by atoms with Gasteiger partial charge in [0.05, 0.1) is 12.2 Å². The number of aliphatic hydroxyl groups excluding tert-OH is 1. The average molecular weight is 169 g/mol. The second kappa shape index (κ2) is 3.35. The standard InChI is InChI=1S/C10H17O2/c1-2-7(6-11)8-3-4-9-10(5-8)12-9/h7-11H,1-6H2. The van der Waals surface area contributed by atoms with Gasteiger partial charge in [-0.2, -0.15) is 0 Å². The van der Waals surface area contributed by atoms with Gasteiger partial charge in [0.25, 0.3) is 0 Å². The Kier molecular flexibility index (Phi) is 2.37. The fraction of sp³-hybridized carbons (Fsp3) is 0.900. The van der Waals surface area contributed by atoms with Gasteiger partial charge in [-0.3, -0.25) is 0 Å². The van der Waals surface area contributed by atoms with Crippen LogP contribution in [-0.4, -0.2) is 23.9 Å². The van der Waals surface area contributed by atoms with E-state index in [1.54, 1.807) is 0 Å². The predicted octanol–water partition coefficient (Wildman–Crippen LogP) is 1.39. The van der Waals surface area contributed by atoms with Crippen LogP contribution in [0, 0.1) is 18.8 Å². The molecule has 0 bridgehead atoms. The topological polar surface area (TPSA) is 32.8 Å². The Hall–Kier alpha value is -0.0800. The van der Waals surface area contributed by atoms with Gasteiger partial charge in [-0.05, 0) is 37.5 Å². The minimum Gasteiger partial charge on any atom is -0.396 e. The van der Waals surface area contributed by atoms with Gasteiger partial charge in [0, 0.05) is 6.61 Å². The van der Waals surface area contributed by atoms with E-state index < -0.39 is 0 Å². The average Bonchev–Trinajstić information content (AvgIpc) is 2.84. The van der Waals surface area contributed by atoms with Gasteiger partial charge < -0.3 is 9.84 Å². The van der Waals surface area contributed by atoms with Crippen LogP contribution in [0.25, 0.3) is 0 Å². The molecule has 1 aliphatic carbocycles. The van der Waals surface area contributed by atoms with Crippen molar-refractivity contribution >= 4 is 0 Å². The van der Waals surface area contributed by atoms with Crippen LogP contribution in [0.2, 0.25) is 0 Å². The first-order chi connectivity index (χ1) is 5.85. The molecule has 2 rings (SSSR count). The molecule has 1 N–H and O–H groups in total. The highest BCUT2D eigenvalue weighted by Crippen LogP contribution is 2.42. The largest absolute Gasteiger partial charge is 0.396 e. The number of hydrogen-bond donors (Lipinski definition) is 1. The van der Waals surface area contributed by atoms with Crippen LogP contribution in [0.4, 0.5) is 0 Å². The Bertz CT molecular complexity index is 154. The number of epoxide rings is 1. The highest BCUT2D eigenvalue weighted by Gasteiger charge is 2.45. The van der Waals surface area contributed by atoms with E-state index in [1.165, 1.54) is 12.8 Å². The van der Waals surface area contributed by atoms with E-state index in [0.717, 1.165) is 12.8 Å². The van der Waals surface area contributed by atoms with Crippen LogP contribution < -0.4 is 0 Å². The van der Waals surface area contributed by atoms with Crippen molar-refractivity contribution < 1.29 is 9.84 Å². The van der Waals surface area contributed by atoms with Gasteiger partial charge in [-0.25, -0.2) is 0 Å². The molecule has 12 heavy (non-hydrogen) atoms. The summed E-state index contributed by atoms with van der Waals surface area (Å²) in [5, 5.41) is 9.10. The third kappa shape index (κ3) is 1.50. The summed E-state index contributed by atoms with van der Waals surface area (Å²) < 4.78 is 5.45. The molecule has 1 aliphatic heterocycles. The lowest BCUT2D eigenvalue weighted by Gasteiger charge is -2.25. The van der Waals surface area contributed by atoms with E-state index in [1.807, 2.05) is 0 Å². The lowest BCUT2D eigenvalue weighted by atomic mass is 9.79. The molecular formula is C10H17O2. The monoisotopic (exact) mass is 169 g/mol. The summed E-state index contributed by atoms with van der Waals surface area (Å²) in [6, 6.07) is 0. The molecule has 0 amide bonds. The van der Waals surface area contributed by atoms with Crippen LogP contribution in [0.5, 0.6) is 0 Å². The molecular weight excluding hydrogens is 152 g/mol. The maximum atomic E-state index is 9.10. The lowest BCUT2D eigenvalue weighted by Crippen LogP contribution is -2.23. The van der Waals surface area contributed by atoms with Crippen molar-refractivity contribution in [2.45, 2.75) is 37.9 Å². The summed E-state index contributed by atoms with van der Waals surface area (Å²) in [6.07, 6.45) is 5.55. The molecule has 0 aromatic heterocycles. The zero-order valence-electron chi connectivity index (χ0n) is 7.41. The van der Waals surface area contributed by atoms with E-state index >= 15 is 0 Å². The molecule has 69 valence electrons. The summed E-state index contributed by atoms with van der Waals surface area (Å²) in [5.74, 6) is 1.08. The number of hydrogen-bond acceptors (Lipinski definition) is 2. The van der Waals surface area contributed by atoms with Gasteiger partial charge in [-0.1, -0.05) is 6.92 Å². The fourth-order valence-electron chi connectivity index (χ4n) is 2.34. The molecule has 0 spiro atoms. The molecule has 1 heterocycles. The smallest absolute Gasteiger partial charge is 0.0844 e. The molecule has 2 nitrogen and oxygen atoms in total. The lowest BCUT2D eigenvalue weighted by molar-refractivity contribution is 0.154. The third-order valence-electron chi connectivity index (χ3n) is 3.32. The Morgan fingerprint density at radius 1 is 1.42 bits per heavy atom. The minimum absolute atomic E-state index is 0.297. The van der Waals surface area contributed by atoms with Gasteiger partial charge in [-0.15, -0.1) is 0 Å². The van der Waals surface area contributed by atoms with E-state index in [2.05, 4.69) is 6.92 Å². The molecule has 1 saturated carbocycles. The molecule has 2 aliphatic rings. The van der Waals surface area contributed by atoms with Crippen LogP contribution in [-0.2, 0) is 4.74 Å². The molecule has 0 aromatic carbocycles. The van der Waals surface area contributed by atoms with Crippen molar-refractivity contribution in [2.75, 3.05) is 6.61 Å². The van der Waals surface area contributed by atoms with Crippen molar-refractivity contribution in [3.63, 3.8) is 0 Å². The van der Waals surface area contributed by atoms with Gasteiger partial charge >= 0.3 is 0 Å². The minimum atomic E-state index is 0.297. The molecule has 2 heteroatoms. The summed E-state index contributed by atoms with van der Waals surface area (Å²) in [6.45, 7) is 4.17. The maximum absolute atomic E-state index is 9.10. The highest BCUT2D eigenvalue weighted by atomic mass is 16.6. The van der Waals surface area contributed by atoms with Crippen molar-refractivity contribution in [2.24, 2.45) is 11.8 Å². The molecule has 2 fully saturated rings. The second-order valence-corrected chi connectivity index (χ2v) is 4.02. The first-order valence-corrected chi connectivity index (χ1v) is 4.90. The Labute approximate surface area is 73.9 Å². The summed E-state index contributed by atoms with van der Waals surface area (Å²) in [4.78, 5) is 0. The van der Waals surface area contributed by atoms with Crippen LogP contribution in [0.3, 0.4) is 0 Å². The van der Waals surface area contributed by atoms with Crippen molar-refractivity contribution in [1.29, 1.82) is 0 Å². The zero-order chi connectivity index (χ0) is 8.55. The fourth-order valence-corrected chi connectivity index (χ4v) is 2.34. The van der Waals surface area contributed by atoms with E-state index in [-0.39, 0.29) is 0 Å². The van der Waals surface area contributed by atoms with Crippen LogP contribution >= 0.6 is 0 Å². The van der Waals surface area contributed by atoms with Crippen molar-refractivity contribution in [1.82, 2.24) is 0 Å². The van der Waals surface area contributed by atoms with E-state index in [4.69, 9.17) is 9.84 Å². The summed E-state index contributed by atoms with van der Waals surface area (Å²) in [7, 11) is 0. The number of rotatable bonds is 3. The van der Waals surface area contributed by atoms with Gasteiger partial charge in [0.2, 0.25) is 0 Å². The number of ether oxygens (including phenoxy) is 1. The molecule has 4 unspecified atom stereocenters. The van der Waals surface area contributed by atoms with Crippen molar-refractivity contribution in [3.8, 4) is 0 Å². The number of fused-ring (bicyclic) bond motifs is 1. The van der Waals surface area contributed by atoms with Gasteiger partial charge in [0.15, 0.2) is 0 Å². The second-order valence-electron chi connectivity index (χ2n) is 4.02. The maximum Gasteiger partial charge on any atom is 0.0844 e. The van der Waals surface area contributed by atoms with Crippen LogP contribution in [0.15, 0.2) is 0 Å². The molecule has 0 aromatic rings. The quantitative estimate of drug-likeness (QED) is 0.647.